The fourth-order valence-electron chi connectivity index (χ4n) is 3.17. The maximum absolute atomic E-state index is 11.4. The highest BCUT2D eigenvalue weighted by molar-refractivity contribution is 5.71. The molecule has 2 aromatic rings. The van der Waals surface area contributed by atoms with Crippen LogP contribution in [0.5, 0.6) is 0 Å². The summed E-state index contributed by atoms with van der Waals surface area (Å²) < 4.78 is 1.70. The first kappa shape index (κ1) is 14.7. The van der Waals surface area contributed by atoms with Crippen LogP contribution in [0.3, 0.4) is 0 Å². The molecule has 1 N–H and O–H groups in total. The van der Waals surface area contributed by atoms with Crippen LogP contribution in [0.15, 0.2) is 12.4 Å². The van der Waals surface area contributed by atoms with Gasteiger partial charge in [-0.15, -0.1) is 0 Å². The molecule has 0 saturated carbocycles. The van der Waals surface area contributed by atoms with Gasteiger partial charge in [-0.05, 0) is 18.8 Å². The van der Waals surface area contributed by atoms with Crippen LogP contribution in [0, 0.1) is 11.8 Å². The Labute approximate surface area is 129 Å². The molecule has 1 aliphatic rings. The van der Waals surface area contributed by atoms with Crippen molar-refractivity contribution < 1.29 is 9.90 Å². The lowest BCUT2D eigenvalue weighted by Gasteiger charge is -2.36. The third-order valence-corrected chi connectivity index (χ3v) is 4.13. The number of piperidine rings is 1. The molecule has 1 aliphatic heterocycles. The zero-order valence-corrected chi connectivity index (χ0v) is 12.9. The van der Waals surface area contributed by atoms with Crippen molar-refractivity contribution in [2.45, 2.75) is 33.1 Å². The minimum atomic E-state index is -0.728. The topological polar surface area (TPSA) is 83.6 Å². The van der Waals surface area contributed by atoms with E-state index in [1.54, 1.807) is 4.52 Å². The molecule has 3 rings (SSSR count). The van der Waals surface area contributed by atoms with Crippen molar-refractivity contribution in [2.75, 3.05) is 18.0 Å². The summed E-state index contributed by atoms with van der Waals surface area (Å²) in [5.74, 6) is 0.727. The summed E-state index contributed by atoms with van der Waals surface area (Å²) in [6, 6.07) is 2.02. The second-order valence-electron chi connectivity index (χ2n) is 6.11. The lowest BCUT2D eigenvalue weighted by molar-refractivity contribution is -0.142. The van der Waals surface area contributed by atoms with E-state index in [0.717, 1.165) is 37.3 Å². The number of anilines is 1. The standard InChI is InChI=1S/C15H21N5O2/c1-3-4-12-6-13(20-15(18-12)16-9-17-20)19-7-10(2)5-11(8-19)14(21)22/h6,9-11H,3-5,7-8H2,1-2H3,(H,21,22). The van der Waals surface area contributed by atoms with Crippen molar-refractivity contribution in [1.29, 1.82) is 0 Å². The van der Waals surface area contributed by atoms with Gasteiger partial charge in [-0.2, -0.15) is 14.6 Å². The van der Waals surface area contributed by atoms with E-state index in [0.29, 0.717) is 18.2 Å². The van der Waals surface area contributed by atoms with Crippen LogP contribution >= 0.6 is 0 Å². The number of fused-ring (bicyclic) bond motifs is 1. The first-order chi connectivity index (χ1) is 10.6. The molecule has 1 fully saturated rings. The molecule has 0 aliphatic carbocycles. The minimum absolute atomic E-state index is 0.330. The van der Waals surface area contributed by atoms with E-state index in [2.05, 4.69) is 33.8 Å². The molecular formula is C15H21N5O2. The third kappa shape index (κ3) is 2.75. The van der Waals surface area contributed by atoms with Crippen molar-refractivity contribution >= 4 is 17.6 Å². The number of aliphatic carboxylic acids is 1. The molecule has 2 atom stereocenters. The molecule has 7 nitrogen and oxygen atoms in total. The van der Waals surface area contributed by atoms with E-state index in [1.165, 1.54) is 6.33 Å². The van der Waals surface area contributed by atoms with E-state index in [1.807, 2.05) is 6.07 Å². The Bertz CT molecular complexity index is 684. The van der Waals surface area contributed by atoms with Crippen LogP contribution in [-0.4, -0.2) is 43.7 Å². The lowest BCUT2D eigenvalue weighted by Crippen LogP contribution is -2.43. The highest BCUT2D eigenvalue weighted by Crippen LogP contribution is 2.27. The number of nitrogens with zero attached hydrogens (tertiary/aromatic N) is 5. The smallest absolute Gasteiger partial charge is 0.308 e. The summed E-state index contributed by atoms with van der Waals surface area (Å²) in [7, 11) is 0. The molecule has 0 radical (unpaired) electrons. The molecule has 0 bridgehead atoms. The Kier molecular flexibility index (Phi) is 3.96. The third-order valence-electron chi connectivity index (χ3n) is 4.13. The lowest BCUT2D eigenvalue weighted by atomic mass is 9.90. The van der Waals surface area contributed by atoms with E-state index >= 15 is 0 Å². The number of hydrogen-bond donors (Lipinski definition) is 1. The fraction of sp³-hybridized carbons (Fsp3) is 0.600. The number of aromatic nitrogens is 4. The molecular weight excluding hydrogens is 282 g/mol. The Balaban J connectivity index is 2.00. The maximum atomic E-state index is 11.4. The molecule has 2 aromatic heterocycles. The van der Waals surface area contributed by atoms with Gasteiger partial charge < -0.3 is 10.0 Å². The number of carboxylic acid groups (broad SMARTS) is 1. The van der Waals surface area contributed by atoms with Gasteiger partial charge in [0.05, 0.1) is 5.92 Å². The molecule has 7 heteroatoms. The Hall–Kier alpha value is -2.18. The van der Waals surface area contributed by atoms with Crippen LogP contribution in [-0.2, 0) is 11.2 Å². The van der Waals surface area contributed by atoms with Gasteiger partial charge in [-0.25, -0.2) is 4.98 Å². The summed E-state index contributed by atoms with van der Waals surface area (Å²) in [4.78, 5) is 22.2. The molecule has 3 heterocycles. The Morgan fingerprint density at radius 2 is 2.27 bits per heavy atom. The average Bonchev–Trinajstić information content (AvgIpc) is 2.94. The van der Waals surface area contributed by atoms with Gasteiger partial charge in [0, 0.05) is 24.8 Å². The first-order valence-corrected chi connectivity index (χ1v) is 7.76. The van der Waals surface area contributed by atoms with Crippen molar-refractivity contribution in [1.82, 2.24) is 19.6 Å². The zero-order valence-electron chi connectivity index (χ0n) is 12.9. The van der Waals surface area contributed by atoms with E-state index < -0.39 is 5.97 Å². The first-order valence-electron chi connectivity index (χ1n) is 7.76. The monoisotopic (exact) mass is 303 g/mol. The Morgan fingerprint density at radius 3 is 3.00 bits per heavy atom. The largest absolute Gasteiger partial charge is 0.481 e. The van der Waals surface area contributed by atoms with Crippen LogP contribution in [0.25, 0.3) is 5.78 Å². The van der Waals surface area contributed by atoms with Crippen molar-refractivity contribution in [3.8, 4) is 0 Å². The maximum Gasteiger partial charge on any atom is 0.308 e. The summed E-state index contributed by atoms with van der Waals surface area (Å²) in [6.45, 7) is 5.53. The molecule has 22 heavy (non-hydrogen) atoms. The summed E-state index contributed by atoms with van der Waals surface area (Å²) in [5, 5.41) is 13.6. The summed E-state index contributed by atoms with van der Waals surface area (Å²) in [5.41, 5.74) is 0.975. The number of carboxylic acids is 1. The molecule has 118 valence electrons. The Morgan fingerprint density at radius 1 is 1.45 bits per heavy atom. The van der Waals surface area contributed by atoms with Crippen LogP contribution in [0.2, 0.25) is 0 Å². The van der Waals surface area contributed by atoms with Crippen molar-refractivity contribution in [2.24, 2.45) is 11.8 Å². The van der Waals surface area contributed by atoms with Gasteiger partial charge in [0.2, 0.25) is 0 Å². The predicted octanol–water partition coefficient (Wildman–Crippen LogP) is 1.62. The van der Waals surface area contributed by atoms with E-state index in [-0.39, 0.29) is 5.92 Å². The molecule has 1 saturated heterocycles. The van der Waals surface area contributed by atoms with Crippen LogP contribution in [0.1, 0.15) is 32.4 Å². The van der Waals surface area contributed by atoms with Gasteiger partial charge in [0.25, 0.3) is 5.78 Å². The highest BCUT2D eigenvalue weighted by Gasteiger charge is 2.31. The van der Waals surface area contributed by atoms with Gasteiger partial charge in [-0.1, -0.05) is 20.3 Å². The second-order valence-corrected chi connectivity index (χ2v) is 6.11. The predicted molar refractivity (Wildman–Crippen MR) is 81.9 cm³/mol. The average molecular weight is 303 g/mol. The van der Waals surface area contributed by atoms with Crippen LogP contribution in [0.4, 0.5) is 5.82 Å². The van der Waals surface area contributed by atoms with E-state index in [9.17, 15) is 9.90 Å². The van der Waals surface area contributed by atoms with Gasteiger partial charge in [0.1, 0.15) is 12.1 Å². The molecule has 2 unspecified atom stereocenters. The SMILES string of the molecule is CCCc1cc(N2CC(C)CC(C(=O)O)C2)n2ncnc2n1. The van der Waals surface area contributed by atoms with Gasteiger partial charge in [0.15, 0.2) is 0 Å². The zero-order chi connectivity index (χ0) is 15.7. The summed E-state index contributed by atoms with van der Waals surface area (Å²) in [6.07, 6.45) is 4.09. The van der Waals surface area contributed by atoms with Crippen molar-refractivity contribution in [3.63, 3.8) is 0 Å². The number of hydrogen-bond acceptors (Lipinski definition) is 5. The minimum Gasteiger partial charge on any atom is -0.481 e. The highest BCUT2D eigenvalue weighted by atomic mass is 16.4. The van der Waals surface area contributed by atoms with Gasteiger partial charge >= 0.3 is 5.97 Å². The fourth-order valence-corrected chi connectivity index (χ4v) is 3.17. The normalized spacial score (nSPS) is 22.2. The van der Waals surface area contributed by atoms with Crippen molar-refractivity contribution in [3.05, 3.63) is 18.1 Å². The van der Waals surface area contributed by atoms with E-state index in [4.69, 9.17) is 0 Å². The number of carbonyl (C=O) groups is 1. The second kappa shape index (κ2) is 5.90. The number of rotatable bonds is 4. The molecule has 0 spiro atoms. The van der Waals surface area contributed by atoms with Gasteiger partial charge in [-0.3, -0.25) is 4.79 Å². The molecule has 0 aromatic carbocycles. The summed E-state index contributed by atoms with van der Waals surface area (Å²) >= 11 is 0. The van der Waals surface area contributed by atoms with Crippen LogP contribution < -0.4 is 4.90 Å². The molecule has 0 amide bonds. The number of aryl methyl sites for hydroxylation is 1. The quantitative estimate of drug-likeness (QED) is 0.924.